The lowest BCUT2D eigenvalue weighted by molar-refractivity contribution is 0.671. The maximum absolute atomic E-state index is 4.22. The van der Waals surface area contributed by atoms with E-state index < -0.39 is 0 Å². The third kappa shape index (κ3) is 2.97. The van der Waals surface area contributed by atoms with Gasteiger partial charge in [-0.05, 0) is 44.6 Å². The molecule has 0 bridgehead atoms. The van der Waals surface area contributed by atoms with Gasteiger partial charge in [0.2, 0.25) is 0 Å². The van der Waals surface area contributed by atoms with Crippen LogP contribution in [0, 0.1) is 0 Å². The molecule has 2 N–H and O–H groups in total. The van der Waals surface area contributed by atoms with Crippen LogP contribution >= 0.6 is 0 Å². The zero-order valence-corrected chi connectivity index (χ0v) is 10.5. The molecule has 0 radical (unpaired) electrons. The first-order chi connectivity index (χ1) is 8.31. The molecule has 17 heavy (non-hydrogen) atoms. The van der Waals surface area contributed by atoms with Gasteiger partial charge < -0.3 is 15.2 Å². The summed E-state index contributed by atoms with van der Waals surface area (Å²) in [6.07, 6.45) is 4.16. The summed E-state index contributed by atoms with van der Waals surface area (Å²) >= 11 is 0. The monoisotopic (exact) mass is 232 g/mol. The average Bonchev–Trinajstić information content (AvgIpc) is 2.81. The molecule has 4 nitrogen and oxygen atoms in total. The lowest BCUT2D eigenvalue weighted by Gasteiger charge is -2.19. The van der Waals surface area contributed by atoms with Gasteiger partial charge in [0, 0.05) is 19.3 Å². The van der Waals surface area contributed by atoms with E-state index in [-0.39, 0.29) is 0 Å². The fourth-order valence-electron chi connectivity index (χ4n) is 1.94. The van der Waals surface area contributed by atoms with Crippen LogP contribution in [0.3, 0.4) is 0 Å². The molecule has 1 heterocycles. The molecule has 0 aliphatic rings. The maximum atomic E-state index is 4.22. The van der Waals surface area contributed by atoms with Gasteiger partial charge in [0.15, 0.2) is 0 Å². The Balaban J connectivity index is 1.95. The molecule has 0 saturated carbocycles. The molecule has 1 aromatic carbocycles. The Labute approximate surface area is 102 Å². The first-order valence-electron chi connectivity index (χ1n) is 6.10. The Hall–Kier alpha value is -1.55. The number of unbranched alkanes of at least 4 members (excludes halogenated alkanes) is 1. The predicted molar refractivity (Wildman–Crippen MR) is 72.5 cm³/mol. The minimum absolute atomic E-state index is 1.03. The van der Waals surface area contributed by atoms with Crippen molar-refractivity contribution in [3.05, 3.63) is 24.5 Å². The van der Waals surface area contributed by atoms with Gasteiger partial charge in [-0.25, -0.2) is 4.98 Å². The van der Waals surface area contributed by atoms with E-state index >= 15 is 0 Å². The number of nitrogens with one attached hydrogen (secondary N) is 2. The Morgan fingerprint density at radius 3 is 3.06 bits per heavy atom. The second-order valence-corrected chi connectivity index (χ2v) is 4.34. The van der Waals surface area contributed by atoms with Crippen LogP contribution in [0.4, 0.5) is 5.69 Å². The van der Waals surface area contributed by atoms with Crippen molar-refractivity contribution in [1.29, 1.82) is 0 Å². The molecule has 0 fully saturated rings. The number of fused-ring (bicyclic) bond motifs is 1. The molecule has 4 heteroatoms. The maximum Gasteiger partial charge on any atom is 0.0931 e. The summed E-state index contributed by atoms with van der Waals surface area (Å²) in [5.41, 5.74) is 3.37. The standard InChI is InChI=1S/C13H20N4/c1-14-7-3-4-8-17(2)11-5-6-12-13(9-11)16-10-15-12/h5-6,9-10,14H,3-4,7-8H2,1-2H3,(H,15,16). The summed E-state index contributed by atoms with van der Waals surface area (Å²) in [5.74, 6) is 0. The number of aromatic amines is 1. The first-order valence-corrected chi connectivity index (χ1v) is 6.10. The molecule has 0 amide bonds. The number of aromatic nitrogens is 2. The fourth-order valence-corrected chi connectivity index (χ4v) is 1.94. The van der Waals surface area contributed by atoms with E-state index in [9.17, 15) is 0 Å². The van der Waals surface area contributed by atoms with Crippen molar-refractivity contribution >= 4 is 16.7 Å². The van der Waals surface area contributed by atoms with E-state index in [1.807, 2.05) is 7.05 Å². The van der Waals surface area contributed by atoms with Crippen LogP contribution in [-0.2, 0) is 0 Å². The quantitative estimate of drug-likeness (QED) is 0.749. The number of imidazole rings is 1. The topological polar surface area (TPSA) is 44.0 Å². The van der Waals surface area contributed by atoms with Crippen LogP contribution in [0.5, 0.6) is 0 Å². The Kier molecular flexibility index (Phi) is 3.98. The lowest BCUT2D eigenvalue weighted by Crippen LogP contribution is -2.19. The largest absolute Gasteiger partial charge is 0.375 e. The zero-order valence-electron chi connectivity index (χ0n) is 10.5. The van der Waals surface area contributed by atoms with E-state index in [2.05, 4.69) is 45.4 Å². The van der Waals surface area contributed by atoms with Crippen molar-refractivity contribution in [2.24, 2.45) is 0 Å². The zero-order chi connectivity index (χ0) is 12.1. The highest BCUT2D eigenvalue weighted by Gasteiger charge is 2.02. The van der Waals surface area contributed by atoms with Crippen LogP contribution in [0.2, 0.25) is 0 Å². The van der Waals surface area contributed by atoms with E-state index in [0.29, 0.717) is 0 Å². The summed E-state index contributed by atoms with van der Waals surface area (Å²) < 4.78 is 0. The Bertz CT molecular complexity index is 463. The van der Waals surface area contributed by atoms with Crippen LogP contribution in [0.1, 0.15) is 12.8 Å². The van der Waals surface area contributed by atoms with Gasteiger partial charge in [-0.3, -0.25) is 0 Å². The highest BCUT2D eigenvalue weighted by atomic mass is 15.1. The summed E-state index contributed by atoms with van der Waals surface area (Å²) in [5, 5.41) is 3.17. The average molecular weight is 232 g/mol. The molecule has 0 atom stereocenters. The minimum atomic E-state index is 1.03. The molecule has 2 rings (SSSR count). The second kappa shape index (κ2) is 5.68. The normalized spacial score (nSPS) is 10.9. The van der Waals surface area contributed by atoms with Crippen molar-refractivity contribution in [2.45, 2.75) is 12.8 Å². The number of hydrogen-bond acceptors (Lipinski definition) is 3. The minimum Gasteiger partial charge on any atom is -0.375 e. The van der Waals surface area contributed by atoms with Crippen LogP contribution in [-0.4, -0.2) is 37.2 Å². The van der Waals surface area contributed by atoms with Gasteiger partial charge in [0.05, 0.1) is 17.4 Å². The van der Waals surface area contributed by atoms with Crippen molar-refractivity contribution in [3.8, 4) is 0 Å². The molecular formula is C13H20N4. The smallest absolute Gasteiger partial charge is 0.0931 e. The molecular weight excluding hydrogens is 212 g/mol. The molecule has 0 aliphatic carbocycles. The SMILES string of the molecule is CNCCCCN(C)c1ccc2nc[nH]c2c1. The van der Waals surface area contributed by atoms with Crippen LogP contribution in [0.25, 0.3) is 11.0 Å². The van der Waals surface area contributed by atoms with Gasteiger partial charge in [-0.15, -0.1) is 0 Å². The summed E-state index contributed by atoms with van der Waals surface area (Å²) in [6.45, 7) is 2.18. The van der Waals surface area contributed by atoms with Gasteiger partial charge in [-0.1, -0.05) is 0 Å². The number of hydrogen-bond donors (Lipinski definition) is 2. The van der Waals surface area contributed by atoms with E-state index in [0.717, 1.165) is 24.1 Å². The molecule has 92 valence electrons. The van der Waals surface area contributed by atoms with Gasteiger partial charge in [-0.2, -0.15) is 0 Å². The molecule has 0 aliphatic heterocycles. The van der Waals surface area contributed by atoms with E-state index in [4.69, 9.17) is 0 Å². The van der Waals surface area contributed by atoms with Gasteiger partial charge >= 0.3 is 0 Å². The molecule has 0 saturated heterocycles. The van der Waals surface area contributed by atoms with E-state index in [1.165, 1.54) is 18.5 Å². The summed E-state index contributed by atoms with van der Waals surface area (Å²) in [7, 11) is 4.13. The summed E-state index contributed by atoms with van der Waals surface area (Å²) in [6, 6.07) is 6.34. The number of benzene rings is 1. The number of anilines is 1. The van der Waals surface area contributed by atoms with Crippen LogP contribution in [0.15, 0.2) is 24.5 Å². The molecule has 2 aromatic rings. The van der Waals surface area contributed by atoms with E-state index in [1.54, 1.807) is 6.33 Å². The predicted octanol–water partition coefficient (Wildman–Crippen LogP) is 2.00. The third-order valence-corrected chi connectivity index (χ3v) is 3.01. The lowest BCUT2D eigenvalue weighted by atomic mass is 10.2. The molecule has 0 spiro atoms. The molecule has 0 unspecified atom stereocenters. The number of nitrogens with zero attached hydrogens (tertiary/aromatic N) is 2. The van der Waals surface area contributed by atoms with Crippen molar-refractivity contribution in [1.82, 2.24) is 15.3 Å². The number of rotatable bonds is 6. The van der Waals surface area contributed by atoms with Gasteiger partial charge in [0.1, 0.15) is 0 Å². The first kappa shape index (κ1) is 11.9. The second-order valence-electron chi connectivity index (χ2n) is 4.34. The van der Waals surface area contributed by atoms with Crippen LogP contribution < -0.4 is 10.2 Å². The third-order valence-electron chi connectivity index (χ3n) is 3.01. The van der Waals surface area contributed by atoms with Gasteiger partial charge in [0.25, 0.3) is 0 Å². The Morgan fingerprint density at radius 1 is 1.35 bits per heavy atom. The van der Waals surface area contributed by atoms with Crippen molar-refractivity contribution in [3.63, 3.8) is 0 Å². The highest BCUT2D eigenvalue weighted by Crippen LogP contribution is 2.18. The van der Waals surface area contributed by atoms with Crippen molar-refractivity contribution < 1.29 is 0 Å². The van der Waals surface area contributed by atoms with Crippen molar-refractivity contribution in [2.75, 3.05) is 32.1 Å². The highest BCUT2D eigenvalue weighted by molar-refractivity contribution is 5.78. The fraction of sp³-hybridized carbons (Fsp3) is 0.462. The Morgan fingerprint density at radius 2 is 2.24 bits per heavy atom. The summed E-state index contributed by atoms with van der Waals surface area (Å²) in [4.78, 5) is 9.65. The molecule has 1 aromatic heterocycles. The number of H-pyrrole nitrogens is 1.